The number of ether oxygens (including phenoxy) is 1. The van der Waals surface area contributed by atoms with E-state index in [2.05, 4.69) is 5.32 Å². The lowest BCUT2D eigenvalue weighted by Gasteiger charge is -2.18. The maximum atomic E-state index is 12.4. The zero-order valence-electron chi connectivity index (χ0n) is 16.9. The van der Waals surface area contributed by atoms with Crippen LogP contribution in [0.3, 0.4) is 0 Å². The first-order valence-corrected chi connectivity index (χ1v) is 10.3. The molecule has 0 saturated heterocycles. The predicted molar refractivity (Wildman–Crippen MR) is 114 cm³/mol. The maximum absolute atomic E-state index is 12.4. The Kier molecular flexibility index (Phi) is 5.86. The van der Waals surface area contributed by atoms with Crippen LogP contribution in [0.5, 0.6) is 5.75 Å². The summed E-state index contributed by atoms with van der Waals surface area (Å²) in [5, 5.41) is 13.8. The number of rotatable bonds is 6. The standard InChI is InChI=1S/C24H25NO5/c1-15(23(27)25-14-21(26)16-7-3-2-4-8-16)29-17-11-12-19-18-9-5-6-10-20(18)24(28)30-22(19)13-17/h2-4,7-8,11-13,15,21,26H,5-6,9-10,14H2,1H3,(H,25,27)/t15-,21-/m1/s1. The monoisotopic (exact) mass is 407 g/mol. The van der Waals surface area contributed by atoms with E-state index < -0.39 is 12.2 Å². The van der Waals surface area contributed by atoms with Crippen molar-refractivity contribution < 1.29 is 19.1 Å². The van der Waals surface area contributed by atoms with E-state index in [1.807, 2.05) is 24.3 Å². The molecule has 2 N–H and O–H groups in total. The van der Waals surface area contributed by atoms with Gasteiger partial charge in [-0.25, -0.2) is 4.79 Å². The molecule has 0 fully saturated rings. The minimum Gasteiger partial charge on any atom is -0.481 e. The van der Waals surface area contributed by atoms with Gasteiger partial charge >= 0.3 is 5.63 Å². The summed E-state index contributed by atoms with van der Waals surface area (Å²) < 4.78 is 11.3. The van der Waals surface area contributed by atoms with Crippen LogP contribution in [0.25, 0.3) is 11.0 Å². The molecule has 156 valence electrons. The Labute approximate surface area is 174 Å². The maximum Gasteiger partial charge on any atom is 0.339 e. The Bertz CT molecular complexity index is 1110. The van der Waals surface area contributed by atoms with Crippen molar-refractivity contribution in [1.82, 2.24) is 5.32 Å². The lowest BCUT2D eigenvalue weighted by atomic mass is 9.91. The molecule has 2 atom stereocenters. The Morgan fingerprint density at radius 1 is 1.13 bits per heavy atom. The zero-order valence-corrected chi connectivity index (χ0v) is 16.9. The van der Waals surface area contributed by atoms with E-state index in [1.54, 1.807) is 31.2 Å². The molecule has 1 aliphatic carbocycles. The smallest absolute Gasteiger partial charge is 0.339 e. The van der Waals surface area contributed by atoms with E-state index in [0.717, 1.165) is 47.8 Å². The van der Waals surface area contributed by atoms with Gasteiger partial charge in [0.2, 0.25) is 0 Å². The average molecular weight is 407 g/mol. The van der Waals surface area contributed by atoms with Crippen molar-refractivity contribution in [2.45, 2.75) is 44.8 Å². The van der Waals surface area contributed by atoms with Crippen molar-refractivity contribution in [3.63, 3.8) is 0 Å². The lowest BCUT2D eigenvalue weighted by Crippen LogP contribution is -2.38. The summed E-state index contributed by atoms with van der Waals surface area (Å²) in [6.07, 6.45) is 2.16. The minimum absolute atomic E-state index is 0.0925. The van der Waals surface area contributed by atoms with Crippen molar-refractivity contribution in [2.75, 3.05) is 6.54 Å². The Morgan fingerprint density at radius 2 is 1.87 bits per heavy atom. The van der Waals surface area contributed by atoms with Crippen molar-refractivity contribution in [1.29, 1.82) is 0 Å². The first-order chi connectivity index (χ1) is 14.5. The molecule has 1 heterocycles. The largest absolute Gasteiger partial charge is 0.481 e. The van der Waals surface area contributed by atoms with Gasteiger partial charge in [-0.05, 0) is 55.9 Å². The highest BCUT2D eigenvalue weighted by Crippen LogP contribution is 2.29. The normalized spacial score (nSPS) is 15.3. The predicted octanol–water partition coefficient (Wildman–Crippen LogP) is 3.29. The van der Waals surface area contributed by atoms with E-state index in [4.69, 9.17) is 9.15 Å². The summed E-state index contributed by atoms with van der Waals surface area (Å²) >= 11 is 0. The van der Waals surface area contributed by atoms with Crippen molar-refractivity contribution in [3.05, 3.63) is 75.6 Å². The van der Waals surface area contributed by atoms with Gasteiger partial charge in [-0.15, -0.1) is 0 Å². The number of carbonyl (C=O) groups is 1. The molecule has 30 heavy (non-hydrogen) atoms. The second-order valence-corrected chi connectivity index (χ2v) is 7.64. The molecule has 1 aliphatic rings. The second kappa shape index (κ2) is 8.71. The zero-order chi connectivity index (χ0) is 21.1. The molecule has 6 nitrogen and oxygen atoms in total. The summed E-state index contributed by atoms with van der Waals surface area (Å²) in [6.45, 7) is 1.73. The number of fused-ring (bicyclic) bond motifs is 3. The fourth-order valence-corrected chi connectivity index (χ4v) is 3.89. The molecule has 1 amide bonds. The molecular formula is C24H25NO5. The third-order valence-electron chi connectivity index (χ3n) is 5.53. The molecule has 6 heteroatoms. The van der Waals surface area contributed by atoms with Crippen LogP contribution in [0.1, 0.15) is 42.6 Å². The van der Waals surface area contributed by atoms with Gasteiger partial charge in [-0.1, -0.05) is 30.3 Å². The SMILES string of the molecule is C[C@@H](Oc1ccc2c3c(c(=O)oc2c1)CCCC3)C(=O)NC[C@@H](O)c1ccccc1. The van der Waals surface area contributed by atoms with E-state index >= 15 is 0 Å². The van der Waals surface area contributed by atoms with Crippen LogP contribution < -0.4 is 15.7 Å². The summed E-state index contributed by atoms with van der Waals surface area (Å²) in [5.74, 6) is 0.115. The number of aryl methyl sites for hydroxylation is 1. The number of hydrogen-bond donors (Lipinski definition) is 2. The van der Waals surface area contributed by atoms with Crippen LogP contribution in [-0.4, -0.2) is 23.7 Å². The van der Waals surface area contributed by atoms with Gasteiger partial charge in [0.05, 0.1) is 6.10 Å². The van der Waals surface area contributed by atoms with Gasteiger partial charge in [-0.2, -0.15) is 0 Å². The number of hydrogen-bond acceptors (Lipinski definition) is 5. The molecular weight excluding hydrogens is 382 g/mol. The van der Waals surface area contributed by atoms with E-state index in [9.17, 15) is 14.7 Å². The molecule has 0 bridgehead atoms. The molecule has 0 spiro atoms. The van der Waals surface area contributed by atoms with E-state index in [0.29, 0.717) is 11.3 Å². The fourth-order valence-electron chi connectivity index (χ4n) is 3.89. The third kappa shape index (κ3) is 4.24. The van der Waals surface area contributed by atoms with Crippen LogP contribution in [0.4, 0.5) is 0 Å². The van der Waals surface area contributed by atoms with Gasteiger partial charge in [0.25, 0.3) is 5.91 Å². The molecule has 4 rings (SSSR count). The lowest BCUT2D eigenvalue weighted by molar-refractivity contribution is -0.127. The molecule has 0 unspecified atom stereocenters. The second-order valence-electron chi connectivity index (χ2n) is 7.64. The van der Waals surface area contributed by atoms with Crippen molar-refractivity contribution in [2.24, 2.45) is 0 Å². The van der Waals surface area contributed by atoms with Gasteiger partial charge in [-0.3, -0.25) is 4.79 Å². The number of nitrogens with one attached hydrogen (secondary N) is 1. The number of benzene rings is 2. The summed E-state index contributed by atoms with van der Waals surface area (Å²) in [7, 11) is 0. The number of aliphatic hydroxyl groups is 1. The van der Waals surface area contributed by atoms with Crippen molar-refractivity contribution >= 4 is 16.9 Å². The van der Waals surface area contributed by atoms with Crippen LogP contribution in [0.2, 0.25) is 0 Å². The molecule has 0 radical (unpaired) electrons. The Morgan fingerprint density at radius 3 is 2.63 bits per heavy atom. The third-order valence-corrected chi connectivity index (χ3v) is 5.53. The first-order valence-electron chi connectivity index (χ1n) is 10.3. The quantitative estimate of drug-likeness (QED) is 0.612. The number of aliphatic hydroxyl groups excluding tert-OH is 1. The average Bonchev–Trinajstić information content (AvgIpc) is 2.78. The van der Waals surface area contributed by atoms with Gasteiger partial charge in [0.1, 0.15) is 11.3 Å². The number of amides is 1. The topological polar surface area (TPSA) is 88.8 Å². The van der Waals surface area contributed by atoms with Gasteiger partial charge in [0, 0.05) is 23.6 Å². The van der Waals surface area contributed by atoms with Crippen LogP contribution in [-0.2, 0) is 17.6 Å². The molecule has 1 aromatic heterocycles. The number of carbonyl (C=O) groups excluding carboxylic acids is 1. The Hall–Kier alpha value is -3.12. The molecule has 0 saturated carbocycles. The molecule has 0 aliphatic heterocycles. The summed E-state index contributed by atoms with van der Waals surface area (Å²) in [4.78, 5) is 24.7. The molecule has 2 aromatic carbocycles. The van der Waals surface area contributed by atoms with Gasteiger partial charge in [0.15, 0.2) is 6.10 Å². The summed E-state index contributed by atoms with van der Waals surface area (Å²) in [6, 6.07) is 14.5. The highest BCUT2D eigenvalue weighted by atomic mass is 16.5. The summed E-state index contributed by atoms with van der Waals surface area (Å²) in [5.41, 5.74) is 2.78. The van der Waals surface area contributed by atoms with E-state index in [1.165, 1.54) is 0 Å². The van der Waals surface area contributed by atoms with Crippen molar-refractivity contribution in [3.8, 4) is 5.75 Å². The highest BCUT2D eigenvalue weighted by Gasteiger charge is 2.20. The van der Waals surface area contributed by atoms with Crippen LogP contribution in [0.15, 0.2) is 57.7 Å². The Balaban J connectivity index is 1.43. The van der Waals surface area contributed by atoms with Crippen LogP contribution in [0, 0.1) is 0 Å². The van der Waals surface area contributed by atoms with Crippen LogP contribution >= 0.6 is 0 Å². The minimum atomic E-state index is -0.788. The first kappa shape index (κ1) is 20.2. The van der Waals surface area contributed by atoms with E-state index in [-0.39, 0.29) is 18.1 Å². The highest BCUT2D eigenvalue weighted by molar-refractivity contribution is 5.83. The van der Waals surface area contributed by atoms with Gasteiger partial charge < -0.3 is 19.6 Å². The molecule has 3 aromatic rings. The fraction of sp³-hybridized carbons (Fsp3) is 0.333.